The van der Waals surface area contributed by atoms with Crippen LogP contribution in [0.2, 0.25) is 0 Å². The molecule has 0 N–H and O–H groups in total. The Kier molecular flexibility index (Phi) is 6.50. The van der Waals surface area contributed by atoms with Gasteiger partial charge in [-0.25, -0.2) is 8.42 Å². The minimum Gasteiger partial charge on any atom is -0.492 e. The summed E-state index contributed by atoms with van der Waals surface area (Å²) >= 11 is 0. The van der Waals surface area contributed by atoms with Gasteiger partial charge >= 0.3 is 0 Å². The van der Waals surface area contributed by atoms with Gasteiger partial charge in [0.25, 0.3) is 0 Å². The zero-order valence-electron chi connectivity index (χ0n) is 19.6. The summed E-state index contributed by atoms with van der Waals surface area (Å²) in [6, 6.07) is 22.2. The van der Waals surface area contributed by atoms with Crippen LogP contribution in [0.15, 0.2) is 77.7 Å². The molecule has 174 valence electrons. The molecule has 5 nitrogen and oxygen atoms in total. The summed E-state index contributed by atoms with van der Waals surface area (Å²) in [7, 11) is -3.67. The molecule has 3 aromatic rings. The van der Waals surface area contributed by atoms with Gasteiger partial charge in [-0.3, -0.25) is 0 Å². The molecule has 0 fully saturated rings. The summed E-state index contributed by atoms with van der Waals surface area (Å²) in [4.78, 5) is 0.307. The van der Waals surface area contributed by atoms with E-state index in [-0.39, 0.29) is 18.2 Å². The molecule has 1 heterocycles. The van der Waals surface area contributed by atoms with Gasteiger partial charge < -0.3 is 9.47 Å². The lowest BCUT2D eigenvalue weighted by Gasteiger charge is -2.35. The van der Waals surface area contributed by atoms with Crippen molar-refractivity contribution in [2.45, 2.75) is 57.2 Å². The molecule has 0 bridgehead atoms. The molecule has 1 aliphatic rings. The minimum atomic E-state index is -3.67. The molecule has 0 aromatic heterocycles. The monoisotopic (exact) mass is 465 g/mol. The normalized spacial score (nSPS) is 16.8. The van der Waals surface area contributed by atoms with Gasteiger partial charge in [0.2, 0.25) is 10.0 Å². The Bertz CT molecular complexity index is 1200. The van der Waals surface area contributed by atoms with Crippen molar-refractivity contribution >= 4 is 10.0 Å². The van der Waals surface area contributed by atoms with E-state index in [1.54, 1.807) is 16.4 Å². The number of benzene rings is 3. The van der Waals surface area contributed by atoms with Gasteiger partial charge in [-0.15, -0.1) is 0 Å². The fraction of sp³-hybridized carbons (Fsp3) is 0.333. The third kappa shape index (κ3) is 5.57. The first-order valence-corrected chi connectivity index (χ1v) is 12.6. The molecule has 4 rings (SSSR count). The predicted molar refractivity (Wildman–Crippen MR) is 130 cm³/mol. The number of ether oxygens (including phenoxy) is 2. The zero-order valence-corrected chi connectivity index (χ0v) is 20.4. The summed E-state index contributed by atoms with van der Waals surface area (Å²) in [5.74, 6) is 1.45. The van der Waals surface area contributed by atoms with Crippen molar-refractivity contribution in [2.24, 2.45) is 0 Å². The van der Waals surface area contributed by atoms with Crippen LogP contribution in [0.4, 0.5) is 0 Å². The fourth-order valence-electron chi connectivity index (χ4n) is 3.98. The highest BCUT2D eigenvalue weighted by atomic mass is 32.2. The van der Waals surface area contributed by atoms with Crippen molar-refractivity contribution in [3.63, 3.8) is 0 Å². The maximum Gasteiger partial charge on any atom is 0.243 e. The Morgan fingerprint density at radius 2 is 1.48 bits per heavy atom. The molecule has 0 radical (unpaired) electrons. The molecular formula is C27H31NO4S. The first-order valence-electron chi connectivity index (χ1n) is 11.2. The maximum absolute atomic E-state index is 13.6. The summed E-state index contributed by atoms with van der Waals surface area (Å²) in [5.41, 5.74) is 2.95. The SMILES string of the molecule is Cc1ccc(S(=O)(=O)N2Cc3ccccc3CC2COc2ccc(OC(C)(C)C)cc2)cc1. The number of sulfonamides is 1. The second-order valence-corrected chi connectivity index (χ2v) is 11.4. The van der Waals surface area contributed by atoms with Crippen molar-refractivity contribution < 1.29 is 17.9 Å². The Morgan fingerprint density at radius 3 is 2.12 bits per heavy atom. The second kappa shape index (κ2) is 9.20. The summed E-state index contributed by atoms with van der Waals surface area (Å²) < 4.78 is 40.6. The summed E-state index contributed by atoms with van der Waals surface area (Å²) in [6.45, 7) is 8.55. The molecule has 33 heavy (non-hydrogen) atoms. The first-order chi connectivity index (χ1) is 15.6. The minimum absolute atomic E-state index is 0.263. The highest BCUT2D eigenvalue weighted by Crippen LogP contribution is 2.30. The van der Waals surface area contributed by atoms with E-state index in [4.69, 9.17) is 9.47 Å². The van der Waals surface area contributed by atoms with Crippen molar-refractivity contribution in [1.29, 1.82) is 0 Å². The molecule has 1 aliphatic heterocycles. The first kappa shape index (κ1) is 23.3. The van der Waals surface area contributed by atoms with Gasteiger partial charge in [-0.2, -0.15) is 4.31 Å². The third-order valence-electron chi connectivity index (χ3n) is 5.63. The molecular weight excluding hydrogens is 434 g/mol. The zero-order chi connectivity index (χ0) is 23.6. The van der Waals surface area contributed by atoms with E-state index in [0.29, 0.717) is 23.6 Å². The van der Waals surface area contributed by atoms with Gasteiger partial charge in [0.15, 0.2) is 0 Å². The van der Waals surface area contributed by atoms with Gasteiger partial charge in [-0.1, -0.05) is 42.0 Å². The highest BCUT2D eigenvalue weighted by molar-refractivity contribution is 7.89. The van der Waals surface area contributed by atoms with Crippen LogP contribution in [0.1, 0.15) is 37.5 Å². The number of hydrogen-bond acceptors (Lipinski definition) is 4. The molecule has 0 aliphatic carbocycles. The lowest BCUT2D eigenvalue weighted by Crippen LogP contribution is -2.47. The smallest absolute Gasteiger partial charge is 0.243 e. The van der Waals surface area contributed by atoms with Crippen LogP contribution in [0, 0.1) is 6.92 Å². The van der Waals surface area contributed by atoms with Crippen LogP contribution in [0.5, 0.6) is 11.5 Å². The highest BCUT2D eigenvalue weighted by Gasteiger charge is 2.36. The van der Waals surface area contributed by atoms with E-state index in [0.717, 1.165) is 22.4 Å². The van der Waals surface area contributed by atoms with Crippen molar-refractivity contribution in [2.75, 3.05) is 6.61 Å². The van der Waals surface area contributed by atoms with Crippen molar-refractivity contribution in [1.82, 2.24) is 4.31 Å². The van der Waals surface area contributed by atoms with Crippen LogP contribution >= 0.6 is 0 Å². The average molecular weight is 466 g/mol. The van der Waals surface area contributed by atoms with E-state index < -0.39 is 10.0 Å². The predicted octanol–water partition coefficient (Wildman–Crippen LogP) is 5.37. The number of hydrogen-bond donors (Lipinski definition) is 0. The van der Waals surface area contributed by atoms with Crippen molar-refractivity contribution in [3.8, 4) is 11.5 Å². The van der Waals surface area contributed by atoms with Gasteiger partial charge in [-0.05, 0) is 81.6 Å². The maximum atomic E-state index is 13.6. The fourth-order valence-corrected chi connectivity index (χ4v) is 5.57. The van der Waals surface area contributed by atoms with E-state index in [1.165, 1.54) is 0 Å². The van der Waals surface area contributed by atoms with E-state index in [1.807, 2.05) is 82.3 Å². The number of nitrogens with zero attached hydrogens (tertiary/aromatic N) is 1. The van der Waals surface area contributed by atoms with E-state index in [9.17, 15) is 8.42 Å². The Labute approximate surface area is 197 Å². The lowest BCUT2D eigenvalue weighted by atomic mass is 9.96. The molecule has 6 heteroatoms. The van der Waals surface area contributed by atoms with Crippen LogP contribution in [0.25, 0.3) is 0 Å². The standard InChI is InChI=1S/C27H31NO4S/c1-20-9-15-26(16-10-20)33(29,30)28-18-22-8-6-5-7-21(22)17-23(28)19-31-24-11-13-25(14-12-24)32-27(2,3)4/h5-16,23H,17-19H2,1-4H3. The molecule has 0 amide bonds. The van der Waals surface area contributed by atoms with Gasteiger partial charge in [0.1, 0.15) is 23.7 Å². The quantitative estimate of drug-likeness (QED) is 0.491. The van der Waals surface area contributed by atoms with Crippen LogP contribution in [0.3, 0.4) is 0 Å². The second-order valence-electron chi connectivity index (χ2n) is 9.49. The third-order valence-corrected chi connectivity index (χ3v) is 7.54. The number of fused-ring (bicyclic) bond motifs is 1. The Balaban J connectivity index is 1.56. The number of aryl methyl sites for hydroxylation is 1. The van der Waals surface area contributed by atoms with E-state index >= 15 is 0 Å². The topological polar surface area (TPSA) is 55.8 Å². The average Bonchev–Trinajstić information content (AvgIpc) is 2.77. The molecule has 0 saturated heterocycles. The van der Waals surface area contributed by atoms with Crippen LogP contribution in [-0.4, -0.2) is 31.0 Å². The van der Waals surface area contributed by atoms with Crippen LogP contribution < -0.4 is 9.47 Å². The Morgan fingerprint density at radius 1 is 0.879 bits per heavy atom. The lowest BCUT2D eigenvalue weighted by molar-refractivity contribution is 0.130. The molecule has 1 atom stereocenters. The largest absolute Gasteiger partial charge is 0.492 e. The molecule has 0 spiro atoms. The van der Waals surface area contributed by atoms with Gasteiger partial charge in [0.05, 0.1) is 10.9 Å². The van der Waals surface area contributed by atoms with Gasteiger partial charge in [0, 0.05) is 6.54 Å². The summed E-state index contributed by atoms with van der Waals surface area (Å²) in [5, 5.41) is 0. The molecule has 0 saturated carbocycles. The molecule has 3 aromatic carbocycles. The summed E-state index contributed by atoms with van der Waals surface area (Å²) in [6.07, 6.45) is 0.604. The molecule has 1 unspecified atom stereocenters. The van der Waals surface area contributed by atoms with Crippen LogP contribution in [-0.2, 0) is 23.0 Å². The number of rotatable bonds is 6. The Hall–Kier alpha value is -2.83. The van der Waals surface area contributed by atoms with Crippen molar-refractivity contribution in [3.05, 3.63) is 89.5 Å². The van der Waals surface area contributed by atoms with E-state index in [2.05, 4.69) is 6.07 Å².